The number of pyridine rings is 1. The normalized spacial score (nSPS) is 17.1. The number of aliphatic hydroxyl groups excluding tert-OH is 1. The van der Waals surface area contributed by atoms with Gasteiger partial charge in [-0.15, -0.1) is 0 Å². The highest BCUT2D eigenvalue weighted by Crippen LogP contribution is 2.41. The number of benzene rings is 2. The molecule has 1 aliphatic heterocycles. The fourth-order valence-electron chi connectivity index (χ4n) is 3.83. The zero-order valence-corrected chi connectivity index (χ0v) is 17.8. The first kappa shape index (κ1) is 22.6. The van der Waals surface area contributed by atoms with Crippen LogP contribution in [0.1, 0.15) is 22.7 Å². The van der Waals surface area contributed by atoms with Crippen molar-refractivity contribution in [3.8, 4) is 5.75 Å². The van der Waals surface area contributed by atoms with Crippen molar-refractivity contribution >= 4 is 23.1 Å². The number of methoxy groups -OCH3 is 1. The van der Waals surface area contributed by atoms with Crippen LogP contribution >= 0.6 is 0 Å². The van der Waals surface area contributed by atoms with E-state index in [0.717, 1.165) is 6.07 Å². The summed E-state index contributed by atoms with van der Waals surface area (Å²) in [6.45, 7) is -0.00613. The molecule has 4 rings (SSSR count). The molecule has 2 heterocycles. The molecule has 2 aromatic carbocycles. The molecule has 1 amide bonds. The predicted molar refractivity (Wildman–Crippen MR) is 118 cm³/mol. The Morgan fingerprint density at radius 1 is 1.21 bits per heavy atom. The van der Waals surface area contributed by atoms with Crippen LogP contribution in [0.3, 0.4) is 0 Å². The van der Waals surface area contributed by atoms with Crippen molar-refractivity contribution in [2.24, 2.45) is 0 Å². The summed E-state index contributed by atoms with van der Waals surface area (Å²) in [6.07, 6.45) is 3.09. The van der Waals surface area contributed by atoms with Crippen molar-refractivity contribution in [1.82, 2.24) is 9.88 Å². The maximum Gasteiger partial charge on any atom is 0.295 e. The molecule has 1 saturated heterocycles. The van der Waals surface area contributed by atoms with Gasteiger partial charge in [-0.3, -0.25) is 24.7 Å². The Balaban J connectivity index is 1.86. The van der Waals surface area contributed by atoms with Crippen LogP contribution in [0, 0.1) is 15.9 Å². The van der Waals surface area contributed by atoms with Crippen molar-refractivity contribution in [2.45, 2.75) is 12.6 Å². The first-order chi connectivity index (χ1) is 16.3. The number of halogens is 1. The number of carbonyl (C=O) groups excluding carboxylic acids is 2. The van der Waals surface area contributed by atoms with Gasteiger partial charge in [0.05, 0.1) is 23.6 Å². The number of hydrogen-bond donors (Lipinski definition) is 1. The Hall–Kier alpha value is -4.60. The zero-order chi connectivity index (χ0) is 24.4. The molecule has 1 atom stereocenters. The number of ketones is 1. The van der Waals surface area contributed by atoms with E-state index in [4.69, 9.17) is 4.74 Å². The Morgan fingerprint density at radius 2 is 1.94 bits per heavy atom. The summed E-state index contributed by atoms with van der Waals surface area (Å²) >= 11 is 0. The Morgan fingerprint density at radius 3 is 2.53 bits per heavy atom. The maximum atomic E-state index is 14.3. The second-order valence-corrected chi connectivity index (χ2v) is 7.49. The van der Waals surface area contributed by atoms with Crippen molar-refractivity contribution in [3.05, 3.63) is 105 Å². The number of nitro groups is 1. The lowest BCUT2D eigenvalue weighted by Crippen LogP contribution is -2.29. The van der Waals surface area contributed by atoms with Gasteiger partial charge in [-0.05, 0) is 47.5 Å². The van der Waals surface area contributed by atoms with Gasteiger partial charge in [-0.1, -0.05) is 6.07 Å². The third kappa shape index (κ3) is 4.08. The van der Waals surface area contributed by atoms with Gasteiger partial charge < -0.3 is 14.7 Å². The molecular formula is C24H18FN3O6. The molecular weight excluding hydrogens is 445 g/mol. The minimum atomic E-state index is -1.06. The molecule has 34 heavy (non-hydrogen) atoms. The van der Waals surface area contributed by atoms with Crippen LogP contribution < -0.4 is 4.74 Å². The lowest BCUT2D eigenvalue weighted by molar-refractivity contribution is -0.384. The summed E-state index contributed by atoms with van der Waals surface area (Å²) in [6, 6.07) is 11.3. The molecule has 0 saturated carbocycles. The van der Waals surface area contributed by atoms with Crippen LogP contribution in [0.5, 0.6) is 5.75 Å². The average Bonchev–Trinajstić information content (AvgIpc) is 3.09. The van der Waals surface area contributed by atoms with Crippen molar-refractivity contribution in [2.75, 3.05) is 7.11 Å². The van der Waals surface area contributed by atoms with Gasteiger partial charge in [-0.2, -0.15) is 0 Å². The minimum Gasteiger partial charge on any atom is -0.507 e. The van der Waals surface area contributed by atoms with E-state index in [-0.39, 0.29) is 29.1 Å². The number of amides is 1. The van der Waals surface area contributed by atoms with Crippen LogP contribution in [-0.4, -0.2) is 38.7 Å². The van der Waals surface area contributed by atoms with E-state index in [1.54, 1.807) is 18.3 Å². The second-order valence-electron chi connectivity index (χ2n) is 7.49. The standard InChI is InChI=1S/C24H18FN3O6/c1-34-19-9-6-16(11-18(19)25)22(29)20-21(15-4-7-17(8-5-15)28(32)33)27(24(31)23(20)30)13-14-3-2-10-26-12-14/h2-12,21,29H,13H2,1H3/t21-/m0/s1. The quantitative estimate of drug-likeness (QED) is 0.194. The maximum absolute atomic E-state index is 14.3. The second kappa shape index (κ2) is 9.10. The van der Waals surface area contributed by atoms with Crippen LogP contribution in [0.15, 0.2) is 72.6 Å². The molecule has 0 radical (unpaired) electrons. The smallest absolute Gasteiger partial charge is 0.295 e. The number of likely N-dealkylation sites (tertiary alicyclic amines) is 1. The third-order valence-electron chi connectivity index (χ3n) is 5.46. The predicted octanol–water partition coefficient (Wildman–Crippen LogP) is 3.76. The van der Waals surface area contributed by atoms with Gasteiger partial charge in [0.15, 0.2) is 11.6 Å². The third-order valence-corrected chi connectivity index (χ3v) is 5.46. The number of rotatable bonds is 6. The van der Waals surface area contributed by atoms with Crippen LogP contribution in [0.2, 0.25) is 0 Å². The van der Waals surface area contributed by atoms with E-state index < -0.39 is 34.2 Å². The Labute approximate surface area is 192 Å². The SMILES string of the molecule is COc1ccc(C(O)=C2C(=O)C(=O)N(Cc3cccnc3)[C@H]2c2ccc([N+](=O)[O-])cc2)cc1F. The molecule has 1 N–H and O–H groups in total. The number of non-ortho nitro benzene ring substituents is 1. The number of nitrogens with zero attached hydrogens (tertiary/aromatic N) is 3. The molecule has 9 nitrogen and oxygen atoms in total. The summed E-state index contributed by atoms with van der Waals surface area (Å²) in [5.74, 6) is -3.22. The highest BCUT2D eigenvalue weighted by atomic mass is 19.1. The number of Topliss-reactive ketones (excluding diaryl/α,β-unsaturated/α-hetero) is 1. The molecule has 0 bridgehead atoms. The van der Waals surface area contributed by atoms with Crippen molar-refractivity contribution in [3.63, 3.8) is 0 Å². The molecule has 3 aromatic rings. The summed E-state index contributed by atoms with van der Waals surface area (Å²) in [7, 11) is 1.29. The van der Waals surface area contributed by atoms with Gasteiger partial charge in [0.1, 0.15) is 5.76 Å². The van der Waals surface area contributed by atoms with Gasteiger partial charge in [-0.25, -0.2) is 4.39 Å². The summed E-state index contributed by atoms with van der Waals surface area (Å²) in [5, 5.41) is 22.1. The van der Waals surface area contributed by atoms with Crippen molar-refractivity contribution < 1.29 is 28.7 Å². The number of hydrogen-bond acceptors (Lipinski definition) is 7. The number of ether oxygens (including phenoxy) is 1. The van der Waals surface area contributed by atoms with Crippen molar-refractivity contribution in [1.29, 1.82) is 0 Å². The highest BCUT2D eigenvalue weighted by molar-refractivity contribution is 6.46. The molecule has 0 spiro atoms. The van der Waals surface area contributed by atoms with E-state index in [1.165, 1.54) is 54.6 Å². The summed E-state index contributed by atoms with van der Waals surface area (Å²) in [4.78, 5) is 41.8. The largest absolute Gasteiger partial charge is 0.507 e. The van der Waals surface area contributed by atoms with E-state index >= 15 is 0 Å². The average molecular weight is 463 g/mol. The van der Waals surface area contributed by atoms with Gasteiger partial charge in [0.25, 0.3) is 17.4 Å². The topological polar surface area (TPSA) is 123 Å². The first-order valence-electron chi connectivity index (χ1n) is 10.1. The lowest BCUT2D eigenvalue weighted by atomic mass is 9.95. The fraction of sp³-hybridized carbons (Fsp3) is 0.125. The van der Waals surface area contributed by atoms with Gasteiger partial charge in [0.2, 0.25) is 0 Å². The van der Waals surface area contributed by atoms with Crippen LogP contribution in [0.4, 0.5) is 10.1 Å². The van der Waals surface area contributed by atoms with E-state index in [9.17, 15) is 29.2 Å². The number of carbonyl (C=O) groups is 2. The molecule has 0 aliphatic carbocycles. The Kier molecular flexibility index (Phi) is 6.05. The molecule has 172 valence electrons. The molecule has 1 aromatic heterocycles. The highest BCUT2D eigenvalue weighted by Gasteiger charge is 2.46. The molecule has 0 unspecified atom stereocenters. The summed E-state index contributed by atoms with van der Waals surface area (Å²) in [5.41, 5.74) is 0.540. The Bertz CT molecular complexity index is 1310. The first-order valence-corrected chi connectivity index (χ1v) is 10.1. The number of aromatic nitrogens is 1. The van der Waals surface area contributed by atoms with E-state index in [2.05, 4.69) is 4.98 Å². The minimum absolute atomic E-state index is 0.00613. The molecule has 10 heteroatoms. The van der Waals surface area contributed by atoms with E-state index in [0.29, 0.717) is 11.1 Å². The number of nitro benzene ring substituents is 1. The molecule has 1 aliphatic rings. The van der Waals surface area contributed by atoms with Crippen LogP contribution in [-0.2, 0) is 16.1 Å². The zero-order valence-electron chi connectivity index (χ0n) is 17.8. The van der Waals surface area contributed by atoms with Crippen LogP contribution in [0.25, 0.3) is 5.76 Å². The number of aliphatic hydroxyl groups is 1. The van der Waals surface area contributed by atoms with Gasteiger partial charge in [0, 0.05) is 36.6 Å². The lowest BCUT2D eigenvalue weighted by Gasteiger charge is -2.25. The fourth-order valence-corrected chi connectivity index (χ4v) is 3.83. The van der Waals surface area contributed by atoms with E-state index in [1.807, 2.05) is 0 Å². The van der Waals surface area contributed by atoms with Gasteiger partial charge >= 0.3 is 0 Å². The molecule has 1 fully saturated rings. The monoisotopic (exact) mass is 463 g/mol. The summed E-state index contributed by atoms with van der Waals surface area (Å²) < 4.78 is 19.2.